The molecule has 61 heavy (non-hydrogen) atoms. The molecule has 0 saturated heterocycles. The molecular formula is C55H96O6. The first-order valence-electron chi connectivity index (χ1n) is 25.8. The molecule has 6 heteroatoms. The number of carbonyl (C=O) groups excluding carboxylic acids is 3. The van der Waals surface area contributed by atoms with E-state index in [4.69, 9.17) is 14.2 Å². The van der Waals surface area contributed by atoms with Gasteiger partial charge >= 0.3 is 17.9 Å². The number of hydrogen-bond acceptors (Lipinski definition) is 6. The van der Waals surface area contributed by atoms with Gasteiger partial charge in [-0.05, 0) is 77.0 Å². The minimum atomic E-state index is -0.790. The third-order valence-electron chi connectivity index (χ3n) is 11.0. The highest BCUT2D eigenvalue weighted by Gasteiger charge is 2.19. The monoisotopic (exact) mass is 853 g/mol. The first-order chi connectivity index (χ1) is 30.0. The maximum absolute atomic E-state index is 12.8. The summed E-state index contributed by atoms with van der Waals surface area (Å²) in [5.41, 5.74) is 0. The fourth-order valence-electron chi connectivity index (χ4n) is 7.12. The van der Waals surface area contributed by atoms with Crippen molar-refractivity contribution in [3.05, 3.63) is 60.8 Å². The van der Waals surface area contributed by atoms with Gasteiger partial charge in [-0.1, -0.05) is 216 Å². The maximum atomic E-state index is 12.8. The SMILES string of the molecule is CC/C=C\C/C=C\C/C=C\CCCCCC(=O)OCC(COC(=O)CCCCCCCCCCCCCCCCCC)OC(=O)CCCCCCC/C=C\C/C=C\CCCC. The van der Waals surface area contributed by atoms with Crippen molar-refractivity contribution in [2.45, 2.75) is 258 Å². The van der Waals surface area contributed by atoms with Crippen molar-refractivity contribution in [2.24, 2.45) is 0 Å². The van der Waals surface area contributed by atoms with E-state index in [2.05, 4.69) is 81.5 Å². The Balaban J connectivity index is 4.41. The Labute approximate surface area is 377 Å². The molecule has 0 rings (SSSR count). The summed E-state index contributed by atoms with van der Waals surface area (Å²) < 4.78 is 16.8. The summed E-state index contributed by atoms with van der Waals surface area (Å²) in [7, 11) is 0. The standard InChI is InChI=1S/C55H96O6/c1-4-7-10-13-16-19-22-25-27-28-31-33-36-39-42-45-48-54(57)60-51-52(50-59-53(56)47-44-41-38-35-32-29-24-21-18-15-12-9-6-3)61-55(58)49-46-43-40-37-34-30-26-23-20-17-14-11-8-5-2/h9,12,14,17-18,21,23,26,29,32,52H,4-8,10-11,13,15-16,19-20,22,24-25,27-28,30-31,33-51H2,1-3H3/b12-9-,17-14-,21-18-,26-23-,32-29-. The summed E-state index contributed by atoms with van der Waals surface area (Å²) in [6.07, 6.45) is 60.6. The lowest BCUT2D eigenvalue weighted by Crippen LogP contribution is -2.30. The van der Waals surface area contributed by atoms with E-state index in [1.54, 1.807) is 0 Å². The van der Waals surface area contributed by atoms with Crippen molar-refractivity contribution in [3.8, 4) is 0 Å². The van der Waals surface area contributed by atoms with E-state index < -0.39 is 6.10 Å². The van der Waals surface area contributed by atoms with Gasteiger partial charge in [0.05, 0.1) is 0 Å². The van der Waals surface area contributed by atoms with Crippen LogP contribution in [0.4, 0.5) is 0 Å². The first kappa shape index (κ1) is 58.1. The molecule has 0 aromatic heterocycles. The Bertz CT molecular complexity index is 1120. The van der Waals surface area contributed by atoms with Crippen LogP contribution in [0, 0.1) is 0 Å². The van der Waals surface area contributed by atoms with E-state index in [1.807, 2.05) is 0 Å². The van der Waals surface area contributed by atoms with Crippen molar-refractivity contribution in [2.75, 3.05) is 13.2 Å². The summed E-state index contributed by atoms with van der Waals surface area (Å²) >= 11 is 0. The smallest absolute Gasteiger partial charge is 0.306 e. The zero-order chi connectivity index (χ0) is 44.4. The lowest BCUT2D eigenvalue weighted by molar-refractivity contribution is -0.167. The zero-order valence-corrected chi connectivity index (χ0v) is 40.2. The summed E-state index contributed by atoms with van der Waals surface area (Å²) in [6, 6.07) is 0. The summed E-state index contributed by atoms with van der Waals surface area (Å²) in [6.45, 7) is 6.46. The maximum Gasteiger partial charge on any atom is 0.306 e. The van der Waals surface area contributed by atoms with E-state index in [9.17, 15) is 14.4 Å². The minimum Gasteiger partial charge on any atom is -0.462 e. The Hall–Kier alpha value is -2.89. The Morgan fingerprint density at radius 3 is 1.07 bits per heavy atom. The number of rotatable bonds is 46. The fraction of sp³-hybridized carbons (Fsp3) is 0.764. The largest absolute Gasteiger partial charge is 0.462 e. The van der Waals surface area contributed by atoms with Crippen LogP contribution in [0.1, 0.15) is 252 Å². The molecule has 0 aliphatic rings. The van der Waals surface area contributed by atoms with Crippen molar-refractivity contribution < 1.29 is 28.6 Å². The third-order valence-corrected chi connectivity index (χ3v) is 11.0. The van der Waals surface area contributed by atoms with Crippen molar-refractivity contribution in [3.63, 3.8) is 0 Å². The average Bonchev–Trinajstić information content (AvgIpc) is 3.26. The van der Waals surface area contributed by atoms with Gasteiger partial charge in [-0.2, -0.15) is 0 Å². The van der Waals surface area contributed by atoms with Crippen LogP contribution in [0.15, 0.2) is 60.8 Å². The molecular weight excluding hydrogens is 757 g/mol. The van der Waals surface area contributed by atoms with Crippen LogP contribution in [-0.4, -0.2) is 37.2 Å². The van der Waals surface area contributed by atoms with Crippen molar-refractivity contribution in [1.29, 1.82) is 0 Å². The lowest BCUT2D eigenvalue weighted by atomic mass is 10.0. The molecule has 1 unspecified atom stereocenters. The summed E-state index contributed by atoms with van der Waals surface area (Å²) in [4.78, 5) is 37.9. The highest BCUT2D eigenvalue weighted by molar-refractivity contribution is 5.71. The molecule has 0 spiro atoms. The first-order valence-corrected chi connectivity index (χ1v) is 25.8. The van der Waals surface area contributed by atoms with Crippen LogP contribution >= 0.6 is 0 Å². The highest BCUT2D eigenvalue weighted by Crippen LogP contribution is 2.15. The molecule has 352 valence electrons. The van der Waals surface area contributed by atoms with E-state index in [0.717, 1.165) is 109 Å². The van der Waals surface area contributed by atoms with Gasteiger partial charge in [-0.3, -0.25) is 14.4 Å². The van der Waals surface area contributed by atoms with Gasteiger partial charge < -0.3 is 14.2 Å². The predicted molar refractivity (Wildman–Crippen MR) is 261 cm³/mol. The number of esters is 3. The van der Waals surface area contributed by atoms with Crippen LogP contribution in [0.2, 0.25) is 0 Å². The molecule has 0 aliphatic carbocycles. The zero-order valence-electron chi connectivity index (χ0n) is 40.2. The average molecular weight is 853 g/mol. The molecule has 6 nitrogen and oxygen atoms in total. The number of allylic oxidation sites excluding steroid dienone is 10. The van der Waals surface area contributed by atoms with E-state index in [-0.39, 0.29) is 31.1 Å². The van der Waals surface area contributed by atoms with E-state index in [0.29, 0.717) is 19.3 Å². The minimum absolute atomic E-state index is 0.0876. The van der Waals surface area contributed by atoms with Gasteiger partial charge in [0.2, 0.25) is 0 Å². The van der Waals surface area contributed by atoms with Crippen LogP contribution in [0.3, 0.4) is 0 Å². The second-order valence-electron chi connectivity index (χ2n) is 17.1. The molecule has 0 N–H and O–H groups in total. The van der Waals surface area contributed by atoms with Crippen molar-refractivity contribution >= 4 is 17.9 Å². The fourth-order valence-corrected chi connectivity index (χ4v) is 7.12. The van der Waals surface area contributed by atoms with Crippen LogP contribution in [0.5, 0.6) is 0 Å². The van der Waals surface area contributed by atoms with Crippen molar-refractivity contribution in [1.82, 2.24) is 0 Å². The highest BCUT2D eigenvalue weighted by atomic mass is 16.6. The molecule has 0 fully saturated rings. The Kier molecular flexibility index (Phi) is 47.4. The second kappa shape index (κ2) is 49.8. The molecule has 1 atom stereocenters. The van der Waals surface area contributed by atoms with Gasteiger partial charge in [0.25, 0.3) is 0 Å². The van der Waals surface area contributed by atoms with Gasteiger partial charge in [0.1, 0.15) is 13.2 Å². The van der Waals surface area contributed by atoms with E-state index >= 15 is 0 Å². The molecule has 0 bridgehead atoms. The quantitative estimate of drug-likeness (QED) is 0.0263. The normalized spacial score (nSPS) is 12.5. The molecule has 0 saturated carbocycles. The number of carbonyl (C=O) groups is 3. The van der Waals surface area contributed by atoms with Gasteiger partial charge in [-0.15, -0.1) is 0 Å². The van der Waals surface area contributed by atoms with Crippen LogP contribution in [0.25, 0.3) is 0 Å². The van der Waals surface area contributed by atoms with Crippen LogP contribution in [-0.2, 0) is 28.6 Å². The molecule has 0 heterocycles. The Morgan fingerprint density at radius 2 is 0.656 bits per heavy atom. The molecule has 0 aromatic carbocycles. The lowest BCUT2D eigenvalue weighted by Gasteiger charge is -2.18. The van der Waals surface area contributed by atoms with Crippen LogP contribution < -0.4 is 0 Å². The summed E-state index contributed by atoms with van der Waals surface area (Å²) in [5.74, 6) is -0.927. The third kappa shape index (κ3) is 48.0. The predicted octanol–water partition coefficient (Wildman–Crippen LogP) is 16.9. The number of ether oxygens (including phenoxy) is 3. The number of hydrogen-bond donors (Lipinski definition) is 0. The topological polar surface area (TPSA) is 78.9 Å². The summed E-state index contributed by atoms with van der Waals surface area (Å²) in [5, 5.41) is 0. The Morgan fingerprint density at radius 1 is 0.344 bits per heavy atom. The molecule has 0 radical (unpaired) electrons. The molecule has 0 aliphatic heterocycles. The second-order valence-corrected chi connectivity index (χ2v) is 17.1. The molecule has 0 aromatic rings. The number of unbranched alkanes of at least 4 members (excludes halogenated alkanes) is 25. The van der Waals surface area contributed by atoms with E-state index in [1.165, 1.54) is 103 Å². The van der Waals surface area contributed by atoms with Gasteiger partial charge in [0.15, 0.2) is 6.10 Å². The molecule has 0 amide bonds. The van der Waals surface area contributed by atoms with Gasteiger partial charge in [-0.25, -0.2) is 0 Å². The van der Waals surface area contributed by atoms with Gasteiger partial charge in [0, 0.05) is 19.3 Å².